The Bertz CT molecular complexity index is 586. The summed E-state index contributed by atoms with van der Waals surface area (Å²) < 4.78 is 1.94. The lowest BCUT2D eigenvalue weighted by Crippen LogP contribution is -2.18. The third-order valence-corrected chi connectivity index (χ3v) is 3.16. The SMILES string of the molecule is CCc1cccc(CC)c1-n1c(=O)[nH][nH]c1=S. The lowest BCUT2D eigenvalue weighted by atomic mass is 10.0. The molecular weight excluding hydrogens is 234 g/mol. The van der Waals surface area contributed by atoms with Gasteiger partial charge in [0.15, 0.2) is 0 Å². The van der Waals surface area contributed by atoms with Crippen LogP contribution < -0.4 is 5.69 Å². The summed E-state index contributed by atoms with van der Waals surface area (Å²) in [5, 5.41) is 5.19. The van der Waals surface area contributed by atoms with Gasteiger partial charge in [0.1, 0.15) is 0 Å². The van der Waals surface area contributed by atoms with Crippen LogP contribution in [-0.2, 0) is 12.8 Å². The molecule has 17 heavy (non-hydrogen) atoms. The Labute approximate surface area is 104 Å². The Kier molecular flexibility index (Phi) is 3.28. The quantitative estimate of drug-likeness (QED) is 0.820. The van der Waals surface area contributed by atoms with Crippen LogP contribution in [0.25, 0.3) is 5.69 Å². The second-order valence-electron chi connectivity index (χ2n) is 3.83. The summed E-state index contributed by atoms with van der Waals surface area (Å²) in [5.74, 6) is 0. The molecule has 0 radical (unpaired) electrons. The Morgan fingerprint density at radius 1 is 1.18 bits per heavy atom. The summed E-state index contributed by atoms with van der Waals surface area (Å²) in [7, 11) is 0. The van der Waals surface area contributed by atoms with E-state index in [1.54, 1.807) is 0 Å². The molecule has 1 heterocycles. The number of rotatable bonds is 3. The Balaban J connectivity index is 2.82. The van der Waals surface area contributed by atoms with Crippen molar-refractivity contribution in [1.29, 1.82) is 0 Å². The highest BCUT2D eigenvalue weighted by atomic mass is 32.1. The average molecular weight is 249 g/mol. The summed E-state index contributed by atoms with van der Waals surface area (Å²) in [6.45, 7) is 4.14. The van der Waals surface area contributed by atoms with Gasteiger partial charge < -0.3 is 0 Å². The smallest absolute Gasteiger partial charge is 0.272 e. The predicted molar refractivity (Wildman–Crippen MR) is 70.3 cm³/mol. The van der Waals surface area contributed by atoms with E-state index in [0.29, 0.717) is 4.77 Å². The molecule has 0 aliphatic carbocycles. The molecule has 4 nitrogen and oxygen atoms in total. The van der Waals surface area contributed by atoms with Gasteiger partial charge in [-0.15, -0.1) is 0 Å². The predicted octanol–water partition coefficient (Wildman–Crippen LogP) is 2.35. The molecule has 0 spiro atoms. The van der Waals surface area contributed by atoms with Gasteiger partial charge in [-0.2, -0.15) is 0 Å². The molecule has 0 saturated heterocycles. The van der Waals surface area contributed by atoms with Gasteiger partial charge in [-0.1, -0.05) is 32.0 Å². The van der Waals surface area contributed by atoms with Crippen LogP contribution in [0.1, 0.15) is 25.0 Å². The number of hydrogen-bond acceptors (Lipinski definition) is 2. The first-order chi connectivity index (χ1) is 8.19. The van der Waals surface area contributed by atoms with Crippen LogP contribution in [0.5, 0.6) is 0 Å². The van der Waals surface area contributed by atoms with Gasteiger partial charge in [0.05, 0.1) is 5.69 Å². The molecule has 0 fully saturated rings. The summed E-state index contributed by atoms with van der Waals surface area (Å²) in [5.41, 5.74) is 2.96. The molecule has 0 atom stereocenters. The normalized spacial score (nSPS) is 10.7. The van der Waals surface area contributed by atoms with E-state index < -0.39 is 0 Å². The van der Waals surface area contributed by atoms with Gasteiger partial charge in [-0.3, -0.25) is 5.10 Å². The zero-order chi connectivity index (χ0) is 12.4. The van der Waals surface area contributed by atoms with Crippen LogP contribution in [0.2, 0.25) is 0 Å². The maximum absolute atomic E-state index is 11.8. The van der Waals surface area contributed by atoms with E-state index in [-0.39, 0.29) is 5.69 Å². The monoisotopic (exact) mass is 249 g/mol. The van der Waals surface area contributed by atoms with Crippen molar-refractivity contribution in [3.8, 4) is 5.69 Å². The van der Waals surface area contributed by atoms with Crippen LogP contribution in [0.15, 0.2) is 23.0 Å². The molecule has 0 bridgehead atoms. The van der Waals surface area contributed by atoms with E-state index in [9.17, 15) is 4.79 Å². The Morgan fingerprint density at radius 2 is 1.76 bits per heavy atom. The van der Waals surface area contributed by atoms with Crippen molar-refractivity contribution in [1.82, 2.24) is 14.8 Å². The number of H-pyrrole nitrogens is 2. The fourth-order valence-corrected chi connectivity index (χ4v) is 2.24. The van der Waals surface area contributed by atoms with E-state index in [1.165, 1.54) is 4.57 Å². The molecular formula is C12H15N3OS. The van der Waals surface area contributed by atoms with Crippen molar-refractivity contribution in [2.24, 2.45) is 0 Å². The largest absolute Gasteiger partial charge is 0.347 e. The van der Waals surface area contributed by atoms with Crippen molar-refractivity contribution in [3.63, 3.8) is 0 Å². The lowest BCUT2D eigenvalue weighted by Gasteiger charge is -2.12. The minimum Gasteiger partial charge on any atom is -0.272 e. The zero-order valence-electron chi connectivity index (χ0n) is 9.91. The molecule has 2 aromatic rings. The fourth-order valence-electron chi connectivity index (χ4n) is 2.02. The summed E-state index contributed by atoms with van der Waals surface area (Å²) in [6.07, 6.45) is 1.74. The summed E-state index contributed by atoms with van der Waals surface area (Å²) in [4.78, 5) is 11.8. The molecule has 5 heteroatoms. The van der Waals surface area contributed by atoms with E-state index in [1.807, 2.05) is 18.2 Å². The van der Waals surface area contributed by atoms with E-state index in [0.717, 1.165) is 29.7 Å². The molecule has 2 N–H and O–H groups in total. The lowest BCUT2D eigenvalue weighted by molar-refractivity contribution is 0.917. The molecule has 0 saturated carbocycles. The second-order valence-corrected chi connectivity index (χ2v) is 4.21. The van der Waals surface area contributed by atoms with E-state index in [4.69, 9.17) is 12.2 Å². The number of nitrogens with one attached hydrogen (secondary N) is 2. The van der Waals surface area contributed by atoms with Crippen molar-refractivity contribution < 1.29 is 0 Å². The highest BCUT2D eigenvalue weighted by molar-refractivity contribution is 7.71. The highest BCUT2D eigenvalue weighted by Gasteiger charge is 2.11. The van der Waals surface area contributed by atoms with Crippen molar-refractivity contribution in [3.05, 3.63) is 44.6 Å². The van der Waals surface area contributed by atoms with Crippen LogP contribution in [0, 0.1) is 4.77 Å². The minimum absolute atomic E-state index is 0.217. The van der Waals surface area contributed by atoms with Crippen molar-refractivity contribution in [2.45, 2.75) is 26.7 Å². The van der Waals surface area contributed by atoms with Gasteiger partial charge in [-0.05, 0) is 36.2 Å². The standard InChI is InChI=1S/C12H15N3OS/c1-3-8-6-5-7-9(4-2)10(8)15-11(16)13-14-12(15)17/h5-7H,3-4H2,1-2H3,(H,13,16)(H,14,17). The minimum atomic E-state index is -0.217. The molecule has 0 amide bonds. The fraction of sp³-hybridized carbons (Fsp3) is 0.333. The Morgan fingerprint density at radius 3 is 2.18 bits per heavy atom. The van der Waals surface area contributed by atoms with Crippen molar-refractivity contribution in [2.75, 3.05) is 0 Å². The van der Waals surface area contributed by atoms with Gasteiger partial charge in [0.2, 0.25) is 4.77 Å². The average Bonchev–Trinajstić information content (AvgIpc) is 2.68. The number of aromatic amines is 2. The molecule has 0 aliphatic rings. The zero-order valence-corrected chi connectivity index (χ0v) is 10.7. The first-order valence-corrected chi connectivity index (χ1v) is 6.10. The Hall–Kier alpha value is -1.62. The summed E-state index contributed by atoms with van der Waals surface area (Å²) in [6, 6.07) is 6.08. The van der Waals surface area contributed by atoms with Gasteiger partial charge in [0, 0.05) is 0 Å². The molecule has 0 aliphatic heterocycles. The second kappa shape index (κ2) is 4.71. The number of para-hydroxylation sites is 1. The third-order valence-electron chi connectivity index (χ3n) is 2.87. The summed E-state index contributed by atoms with van der Waals surface area (Å²) >= 11 is 5.15. The maximum Gasteiger partial charge on any atom is 0.347 e. The highest BCUT2D eigenvalue weighted by Crippen LogP contribution is 2.19. The first kappa shape index (κ1) is 11.9. The number of aromatic nitrogens is 3. The molecule has 90 valence electrons. The number of nitrogens with zero attached hydrogens (tertiary/aromatic N) is 1. The number of aryl methyl sites for hydroxylation is 2. The van der Waals surface area contributed by atoms with Crippen LogP contribution >= 0.6 is 12.2 Å². The van der Waals surface area contributed by atoms with E-state index in [2.05, 4.69) is 24.0 Å². The molecule has 0 unspecified atom stereocenters. The van der Waals surface area contributed by atoms with Crippen molar-refractivity contribution >= 4 is 12.2 Å². The van der Waals surface area contributed by atoms with E-state index >= 15 is 0 Å². The molecule has 2 rings (SSSR count). The third kappa shape index (κ3) is 1.98. The number of benzene rings is 1. The maximum atomic E-state index is 11.8. The molecule has 1 aromatic carbocycles. The number of hydrogen-bond donors (Lipinski definition) is 2. The van der Waals surface area contributed by atoms with Gasteiger partial charge in [0.25, 0.3) is 0 Å². The van der Waals surface area contributed by atoms with Gasteiger partial charge >= 0.3 is 5.69 Å². The van der Waals surface area contributed by atoms with Crippen LogP contribution in [-0.4, -0.2) is 14.8 Å². The van der Waals surface area contributed by atoms with Crippen LogP contribution in [0.4, 0.5) is 0 Å². The molecule has 1 aromatic heterocycles. The topological polar surface area (TPSA) is 53.6 Å². The van der Waals surface area contributed by atoms with Gasteiger partial charge in [-0.25, -0.2) is 14.5 Å². The first-order valence-electron chi connectivity index (χ1n) is 5.69. The van der Waals surface area contributed by atoms with Crippen LogP contribution in [0.3, 0.4) is 0 Å².